The molecule has 4 rings (SSSR count). The van der Waals surface area contributed by atoms with Gasteiger partial charge in [0.25, 0.3) is 0 Å². The van der Waals surface area contributed by atoms with Gasteiger partial charge in [0.05, 0.1) is 0 Å². The van der Waals surface area contributed by atoms with Crippen LogP contribution in [-0.4, -0.2) is 16.1 Å². The molecule has 0 spiro atoms. The molecule has 0 radical (unpaired) electrons. The van der Waals surface area contributed by atoms with E-state index >= 15 is 0 Å². The number of para-hydroxylation sites is 1. The quantitative estimate of drug-likeness (QED) is 0.495. The van der Waals surface area contributed by atoms with Crippen LogP contribution in [0.15, 0.2) is 66.9 Å². The molecule has 2 aromatic carbocycles. The summed E-state index contributed by atoms with van der Waals surface area (Å²) in [7, 11) is 0. The number of nitrogens with zero attached hydrogens (tertiary/aromatic N) is 1. The number of aliphatic carboxylic acids is 1. The number of hydrogen-bond donors (Lipinski definition) is 1. The van der Waals surface area contributed by atoms with Crippen LogP contribution >= 0.6 is 0 Å². The van der Waals surface area contributed by atoms with Crippen molar-refractivity contribution >= 4 is 5.97 Å². The summed E-state index contributed by atoms with van der Waals surface area (Å²) in [5, 5.41) is 10.5. The van der Waals surface area contributed by atoms with Gasteiger partial charge >= 0.3 is 5.97 Å². The molecule has 1 aromatic heterocycles. The van der Waals surface area contributed by atoms with E-state index in [-0.39, 0.29) is 11.3 Å². The summed E-state index contributed by atoms with van der Waals surface area (Å²) in [5.41, 5.74) is 1.95. The lowest BCUT2D eigenvalue weighted by Gasteiger charge is -2.22. The number of pyridine rings is 1. The second-order valence-electron chi connectivity index (χ2n) is 10.3. The van der Waals surface area contributed by atoms with E-state index in [1.807, 2.05) is 63.2 Å². The van der Waals surface area contributed by atoms with E-state index in [2.05, 4.69) is 44.0 Å². The molecule has 1 aliphatic carbocycles. The maximum Gasteiger partial charge on any atom is 0.315 e. The number of carboxylic acids is 1. The standard InChI is InChI=1S/C28H31NO3/c1-18-22(13-10-16-29-18)28(25(30)31)24(27(28,5)6)21-15-14-19(26(2,3)4)17-23(21)32-20-11-8-7-9-12-20/h7-17,24H,1-6H3,(H,30,31)/t24-,28-/m0/s1. The van der Waals surface area contributed by atoms with Crippen molar-refractivity contribution in [2.75, 3.05) is 0 Å². The van der Waals surface area contributed by atoms with E-state index in [1.54, 1.807) is 6.20 Å². The lowest BCUT2D eigenvalue weighted by Crippen LogP contribution is -2.27. The molecule has 166 valence electrons. The largest absolute Gasteiger partial charge is 0.481 e. The van der Waals surface area contributed by atoms with Gasteiger partial charge in [-0.05, 0) is 58.7 Å². The van der Waals surface area contributed by atoms with Gasteiger partial charge in [-0.2, -0.15) is 0 Å². The molecule has 3 aromatic rings. The molecule has 0 bridgehead atoms. The Labute approximate surface area is 190 Å². The van der Waals surface area contributed by atoms with Crippen LogP contribution in [-0.2, 0) is 15.6 Å². The molecule has 4 heteroatoms. The molecular weight excluding hydrogens is 398 g/mol. The van der Waals surface area contributed by atoms with E-state index < -0.39 is 16.8 Å². The summed E-state index contributed by atoms with van der Waals surface area (Å²) >= 11 is 0. The summed E-state index contributed by atoms with van der Waals surface area (Å²) in [5.74, 6) is 0.375. The molecule has 1 N–H and O–H groups in total. The number of rotatable bonds is 5. The van der Waals surface area contributed by atoms with Crippen LogP contribution in [0.3, 0.4) is 0 Å². The van der Waals surface area contributed by atoms with E-state index in [9.17, 15) is 9.90 Å². The second kappa shape index (κ2) is 7.47. The zero-order valence-electron chi connectivity index (χ0n) is 19.6. The zero-order valence-corrected chi connectivity index (χ0v) is 19.6. The highest BCUT2D eigenvalue weighted by Crippen LogP contribution is 2.75. The van der Waals surface area contributed by atoms with Gasteiger partial charge in [-0.15, -0.1) is 0 Å². The van der Waals surface area contributed by atoms with E-state index in [4.69, 9.17) is 4.74 Å². The first kappa shape index (κ1) is 22.1. The molecule has 4 nitrogen and oxygen atoms in total. The molecule has 1 fully saturated rings. The van der Waals surface area contributed by atoms with E-state index in [0.29, 0.717) is 5.75 Å². The molecule has 32 heavy (non-hydrogen) atoms. The first-order valence-corrected chi connectivity index (χ1v) is 11.0. The molecule has 1 aliphatic rings. The molecule has 0 aliphatic heterocycles. The average Bonchev–Trinajstić information content (AvgIpc) is 3.25. The number of carboxylic acid groups (broad SMARTS) is 1. The summed E-state index contributed by atoms with van der Waals surface area (Å²) in [6, 6.07) is 19.6. The normalized spacial score (nSPS) is 21.8. The lowest BCUT2D eigenvalue weighted by molar-refractivity contribution is -0.141. The van der Waals surface area contributed by atoms with E-state index in [0.717, 1.165) is 28.1 Å². The predicted octanol–water partition coefficient (Wildman–Crippen LogP) is 6.63. The Bertz CT molecular complexity index is 1160. The van der Waals surface area contributed by atoms with Crippen LogP contribution < -0.4 is 4.74 Å². The number of ether oxygens (including phenoxy) is 1. The van der Waals surface area contributed by atoms with Gasteiger partial charge in [0.2, 0.25) is 0 Å². The third-order valence-corrected chi connectivity index (χ3v) is 7.02. The fraction of sp³-hybridized carbons (Fsp3) is 0.357. The maximum absolute atomic E-state index is 12.9. The van der Waals surface area contributed by atoms with Crippen molar-refractivity contribution in [1.29, 1.82) is 0 Å². The highest BCUT2D eigenvalue weighted by molar-refractivity contribution is 5.91. The van der Waals surface area contributed by atoms with Crippen LogP contribution in [0.5, 0.6) is 11.5 Å². The van der Waals surface area contributed by atoms with Crippen molar-refractivity contribution in [2.24, 2.45) is 5.41 Å². The third-order valence-electron chi connectivity index (χ3n) is 7.02. The van der Waals surface area contributed by atoms with Crippen LogP contribution in [0.2, 0.25) is 0 Å². The summed E-state index contributed by atoms with van der Waals surface area (Å²) in [6.07, 6.45) is 1.71. The molecule has 0 saturated heterocycles. The monoisotopic (exact) mass is 429 g/mol. The highest BCUT2D eigenvalue weighted by Gasteiger charge is 2.78. The van der Waals surface area contributed by atoms with Crippen LogP contribution in [0.1, 0.15) is 62.9 Å². The SMILES string of the molecule is Cc1ncccc1[C@@]1(C(=O)O)[C@@H](c2ccc(C(C)(C)C)cc2Oc2ccccc2)C1(C)C. The number of aryl methyl sites for hydroxylation is 1. The average molecular weight is 430 g/mol. The van der Waals surface area contributed by atoms with Crippen molar-refractivity contribution in [3.8, 4) is 11.5 Å². The highest BCUT2D eigenvalue weighted by atomic mass is 16.5. The fourth-order valence-electron chi connectivity index (χ4n) is 5.25. The van der Waals surface area contributed by atoms with Gasteiger partial charge in [0.1, 0.15) is 16.9 Å². The van der Waals surface area contributed by atoms with Gasteiger partial charge in [0.15, 0.2) is 0 Å². The zero-order chi connectivity index (χ0) is 23.3. The number of carbonyl (C=O) groups is 1. The van der Waals surface area contributed by atoms with Crippen molar-refractivity contribution in [3.05, 3.63) is 89.2 Å². The molecule has 0 unspecified atom stereocenters. The Morgan fingerprint density at radius 3 is 2.31 bits per heavy atom. The van der Waals surface area contributed by atoms with Crippen molar-refractivity contribution < 1.29 is 14.6 Å². The minimum Gasteiger partial charge on any atom is -0.481 e. The van der Waals surface area contributed by atoms with Crippen molar-refractivity contribution in [1.82, 2.24) is 4.98 Å². The first-order valence-electron chi connectivity index (χ1n) is 11.0. The summed E-state index contributed by atoms with van der Waals surface area (Å²) < 4.78 is 6.37. The number of hydrogen-bond acceptors (Lipinski definition) is 3. The second-order valence-corrected chi connectivity index (χ2v) is 10.3. The van der Waals surface area contributed by atoms with Gasteiger partial charge in [-0.25, -0.2) is 0 Å². The number of aromatic nitrogens is 1. The molecular formula is C28H31NO3. The first-order chi connectivity index (χ1) is 15.0. The Hall–Kier alpha value is -3.14. The predicted molar refractivity (Wildman–Crippen MR) is 126 cm³/mol. The van der Waals surface area contributed by atoms with Crippen LogP contribution in [0.4, 0.5) is 0 Å². The summed E-state index contributed by atoms with van der Waals surface area (Å²) in [6.45, 7) is 12.4. The van der Waals surface area contributed by atoms with Crippen LogP contribution in [0, 0.1) is 12.3 Å². The minimum absolute atomic E-state index is 0.0593. The van der Waals surface area contributed by atoms with E-state index in [1.165, 1.54) is 0 Å². The van der Waals surface area contributed by atoms with Crippen molar-refractivity contribution in [3.63, 3.8) is 0 Å². The van der Waals surface area contributed by atoms with Gasteiger partial charge < -0.3 is 9.84 Å². The lowest BCUT2D eigenvalue weighted by atomic mass is 9.84. The van der Waals surface area contributed by atoms with Gasteiger partial charge in [0, 0.05) is 17.8 Å². The third kappa shape index (κ3) is 3.29. The molecule has 0 amide bonds. The molecule has 2 atom stereocenters. The Kier molecular flexibility index (Phi) is 5.15. The molecule has 1 saturated carbocycles. The van der Waals surface area contributed by atoms with Crippen LogP contribution in [0.25, 0.3) is 0 Å². The fourth-order valence-corrected chi connectivity index (χ4v) is 5.25. The van der Waals surface area contributed by atoms with Gasteiger partial charge in [-0.3, -0.25) is 9.78 Å². The Morgan fingerprint density at radius 1 is 1.03 bits per heavy atom. The minimum atomic E-state index is -1.07. The topological polar surface area (TPSA) is 59.4 Å². The maximum atomic E-state index is 12.9. The summed E-state index contributed by atoms with van der Waals surface area (Å²) in [4.78, 5) is 17.3. The molecule has 1 heterocycles. The Morgan fingerprint density at radius 2 is 1.72 bits per heavy atom. The number of benzene rings is 2. The van der Waals surface area contributed by atoms with Gasteiger partial charge in [-0.1, -0.05) is 71.0 Å². The smallest absolute Gasteiger partial charge is 0.315 e. The van der Waals surface area contributed by atoms with Crippen molar-refractivity contribution in [2.45, 2.75) is 58.3 Å². The Balaban J connectivity index is 1.90.